The van der Waals surface area contributed by atoms with E-state index in [1.807, 2.05) is 36.4 Å². The van der Waals surface area contributed by atoms with Crippen molar-refractivity contribution in [3.05, 3.63) is 59.7 Å². The third kappa shape index (κ3) is 7.03. The van der Waals surface area contributed by atoms with Gasteiger partial charge in [-0.05, 0) is 22.3 Å². The van der Waals surface area contributed by atoms with E-state index in [1.165, 1.54) is 0 Å². The second kappa shape index (κ2) is 13.8. The zero-order valence-electron chi connectivity index (χ0n) is 14.7. The standard InChI is InChI=1S/C17H15NO4.CH2Cl2.CH4O.CH4/c19-16(20)9-18-17(21)22-10-15-13-7-3-1-5-11(13)12-6-2-4-8-14(12)15;2-1-3;1-2;/h1-8,15H,9-10H2,(H,18,21)(H,19,20);1H2;2H,1H3;1H4. The third-order valence-electron chi connectivity index (χ3n) is 3.73. The first-order chi connectivity index (χ1) is 13.1. The van der Waals surface area contributed by atoms with E-state index in [4.69, 9.17) is 38.2 Å². The molecule has 0 saturated carbocycles. The van der Waals surface area contributed by atoms with Crippen LogP contribution in [0.5, 0.6) is 0 Å². The first kappa shape index (κ1) is 25.7. The first-order valence-electron chi connectivity index (χ1n) is 7.95. The molecule has 1 aliphatic rings. The molecule has 0 heterocycles. The molecule has 0 fully saturated rings. The number of amides is 1. The third-order valence-corrected chi connectivity index (χ3v) is 3.73. The highest BCUT2D eigenvalue weighted by molar-refractivity contribution is 6.40. The lowest BCUT2D eigenvalue weighted by Gasteiger charge is -2.14. The normalized spacial score (nSPS) is 10.6. The van der Waals surface area contributed by atoms with Gasteiger partial charge in [0.05, 0.1) is 5.34 Å². The summed E-state index contributed by atoms with van der Waals surface area (Å²) in [4.78, 5) is 22.0. The van der Waals surface area contributed by atoms with Crippen molar-refractivity contribution in [1.82, 2.24) is 5.32 Å². The van der Waals surface area contributed by atoms with Crippen molar-refractivity contribution >= 4 is 35.3 Å². The maximum Gasteiger partial charge on any atom is 0.407 e. The molecule has 154 valence electrons. The van der Waals surface area contributed by atoms with Gasteiger partial charge in [0.15, 0.2) is 0 Å². The Morgan fingerprint density at radius 2 is 1.43 bits per heavy atom. The molecule has 0 aromatic heterocycles. The number of nitrogens with one attached hydrogen (secondary N) is 1. The number of aliphatic hydroxyl groups is 1. The number of hydrogen-bond acceptors (Lipinski definition) is 4. The monoisotopic (exact) mass is 429 g/mol. The van der Waals surface area contributed by atoms with Gasteiger partial charge >= 0.3 is 12.1 Å². The summed E-state index contributed by atoms with van der Waals surface area (Å²) in [6.07, 6.45) is -0.718. The van der Waals surface area contributed by atoms with Crippen LogP contribution >= 0.6 is 23.2 Å². The summed E-state index contributed by atoms with van der Waals surface area (Å²) in [6, 6.07) is 16.1. The number of alkyl carbamates (subject to hydrolysis) is 1. The van der Waals surface area contributed by atoms with Crippen molar-refractivity contribution in [2.24, 2.45) is 0 Å². The van der Waals surface area contributed by atoms with Crippen molar-refractivity contribution in [2.45, 2.75) is 13.3 Å². The van der Waals surface area contributed by atoms with E-state index >= 15 is 0 Å². The minimum absolute atomic E-state index is 0. The summed E-state index contributed by atoms with van der Waals surface area (Å²) < 4.78 is 5.18. The van der Waals surface area contributed by atoms with E-state index < -0.39 is 18.6 Å². The Balaban J connectivity index is 0.00000111. The fourth-order valence-corrected chi connectivity index (χ4v) is 2.80. The lowest BCUT2D eigenvalue weighted by atomic mass is 9.98. The SMILES string of the molecule is C.CO.ClCCl.O=C(O)CNC(=O)OCC1c2ccccc2-c2ccccc21. The molecule has 3 N–H and O–H groups in total. The molecule has 0 bridgehead atoms. The molecule has 2 aromatic carbocycles. The van der Waals surface area contributed by atoms with Crippen LogP contribution in [-0.2, 0) is 9.53 Å². The van der Waals surface area contributed by atoms with Gasteiger partial charge in [-0.1, -0.05) is 56.0 Å². The van der Waals surface area contributed by atoms with Crippen LogP contribution in [0.3, 0.4) is 0 Å². The van der Waals surface area contributed by atoms with Gasteiger partial charge in [0.2, 0.25) is 0 Å². The fourth-order valence-electron chi connectivity index (χ4n) is 2.80. The number of benzene rings is 2. The number of carboxylic acids is 1. The van der Waals surface area contributed by atoms with Crippen molar-refractivity contribution in [1.29, 1.82) is 0 Å². The molecule has 1 aliphatic carbocycles. The molecule has 6 nitrogen and oxygen atoms in total. The maximum absolute atomic E-state index is 11.5. The van der Waals surface area contributed by atoms with E-state index in [9.17, 15) is 9.59 Å². The number of aliphatic carboxylic acids is 1. The van der Waals surface area contributed by atoms with Crippen LogP contribution in [0.4, 0.5) is 4.79 Å². The number of carboxylic acid groups (broad SMARTS) is 1. The minimum atomic E-state index is -1.10. The lowest BCUT2D eigenvalue weighted by Crippen LogP contribution is -2.30. The van der Waals surface area contributed by atoms with Gasteiger partial charge in [0.1, 0.15) is 13.2 Å². The van der Waals surface area contributed by atoms with Crippen LogP contribution in [0.1, 0.15) is 24.5 Å². The zero-order chi connectivity index (χ0) is 20.2. The van der Waals surface area contributed by atoms with E-state index in [2.05, 4.69) is 17.4 Å². The molecule has 0 spiro atoms. The Bertz CT molecular complexity index is 709. The van der Waals surface area contributed by atoms with Gasteiger partial charge in [-0.3, -0.25) is 4.79 Å². The Hall–Kier alpha value is -2.28. The van der Waals surface area contributed by atoms with E-state index in [1.54, 1.807) is 0 Å². The number of ether oxygens (including phenoxy) is 1. The molecule has 3 rings (SSSR count). The smallest absolute Gasteiger partial charge is 0.407 e. The minimum Gasteiger partial charge on any atom is -0.480 e. The highest BCUT2D eigenvalue weighted by Crippen LogP contribution is 2.44. The predicted molar refractivity (Wildman–Crippen MR) is 112 cm³/mol. The van der Waals surface area contributed by atoms with Crippen LogP contribution < -0.4 is 5.32 Å². The quantitative estimate of drug-likeness (QED) is 0.630. The highest BCUT2D eigenvalue weighted by Gasteiger charge is 2.28. The van der Waals surface area contributed by atoms with Gasteiger partial charge in [0.25, 0.3) is 0 Å². The average Bonchev–Trinajstić information content (AvgIpc) is 3.01. The Kier molecular flexibility index (Phi) is 12.7. The molecule has 28 heavy (non-hydrogen) atoms. The number of fused-ring (bicyclic) bond motifs is 3. The number of hydrogen-bond donors (Lipinski definition) is 3. The second-order valence-corrected chi connectivity index (χ2v) is 5.98. The molecule has 8 heteroatoms. The molecular formula is C20H25Cl2NO5. The van der Waals surface area contributed by atoms with Crippen LogP contribution in [0.15, 0.2) is 48.5 Å². The van der Waals surface area contributed by atoms with Crippen molar-refractivity contribution in [3.63, 3.8) is 0 Å². The predicted octanol–water partition coefficient (Wildman–Crippen LogP) is 4.28. The second-order valence-electron chi connectivity index (χ2n) is 5.17. The largest absolute Gasteiger partial charge is 0.480 e. The Morgan fingerprint density at radius 1 is 1.00 bits per heavy atom. The van der Waals surface area contributed by atoms with E-state index in [0.717, 1.165) is 29.4 Å². The van der Waals surface area contributed by atoms with Gasteiger partial charge in [0, 0.05) is 13.0 Å². The number of alkyl halides is 2. The van der Waals surface area contributed by atoms with Crippen LogP contribution in [0, 0.1) is 0 Å². The van der Waals surface area contributed by atoms with Crippen LogP contribution in [-0.4, -0.2) is 47.9 Å². The van der Waals surface area contributed by atoms with E-state index in [0.29, 0.717) is 0 Å². The maximum atomic E-state index is 11.5. The molecule has 0 unspecified atom stereocenters. The number of halogens is 2. The molecular weight excluding hydrogens is 405 g/mol. The lowest BCUT2D eigenvalue weighted by molar-refractivity contribution is -0.135. The summed E-state index contributed by atoms with van der Waals surface area (Å²) in [5, 5.41) is 17.9. The van der Waals surface area contributed by atoms with Gasteiger partial charge in [-0.15, -0.1) is 23.2 Å². The van der Waals surface area contributed by atoms with Crippen molar-refractivity contribution < 1.29 is 24.5 Å². The summed E-state index contributed by atoms with van der Waals surface area (Å²) in [5.41, 5.74) is 4.54. The Morgan fingerprint density at radius 3 is 1.86 bits per heavy atom. The molecule has 1 amide bonds. The molecule has 0 saturated heterocycles. The summed E-state index contributed by atoms with van der Waals surface area (Å²) in [7, 11) is 1.00. The molecule has 0 radical (unpaired) electrons. The number of carbonyl (C=O) groups is 2. The number of aliphatic hydroxyl groups excluding tert-OH is 1. The molecule has 2 aromatic rings. The topological polar surface area (TPSA) is 95.9 Å². The zero-order valence-corrected chi connectivity index (χ0v) is 16.2. The van der Waals surface area contributed by atoms with Crippen molar-refractivity contribution in [2.75, 3.05) is 25.6 Å². The van der Waals surface area contributed by atoms with Crippen molar-refractivity contribution in [3.8, 4) is 11.1 Å². The summed E-state index contributed by atoms with van der Waals surface area (Å²) in [6.45, 7) is -0.268. The van der Waals surface area contributed by atoms with Gasteiger partial charge < -0.3 is 20.3 Å². The number of carbonyl (C=O) groups excluding carboxylic acids is 1. The van der Waals surface area contributed by atoms with E-state index in [-0.39, 0.29) is 25.3 Å². The average molecular weight is 430 g/mol. The van der Waals surface area contributed by atoms with Crippen LogP contribution in [0.25, 0.3) is 11.1 Å². The summed E-state index contributed by atoms with van der Waals surface area (Å²) in [5.74, 6) is -1.13. The highest BCUT2D eigenvalue weighted by atomic mass is 35.5. The van der Waals surface area contributed by atoms with Gasteiger partial charge in [-0.25, -0.2) is 4.79 Å². The molecule has 0 atom stereocenters. The fraction of sp³-hybridized carbons (Fsp3) is 0.300. The van der Waals surface area contributed by atoms with Crippen LogP contribution in [0.2, 0.25) is 0 Å². The molecule has 0 aliphatic heterocycles. The van der Waals surface area contributed by atoms with Gasteiger partial charge in [-0.2, -0.15) is 0 Å². The summed E-state index contributed by atoms with van der Waals surface area (Å²) >= 11 is 9.53. The Labute approximate surface area is 175 Å². The first-order valence-corrected chi connectivity index (χ1v) is 9.02. The number of rotatable bonds is 4.